The first-order valence-corrected chi connectivity index (χ1v) is 11.3. The molecule has 1 aliphatic rings. The minimum atomic E-state index is -1.18. The molecule has 1 unspecified atom stereocenters. The average Bonchev–Trinajstić information content (AvgIpc) is 3.16. The maximum Gasteiger partial charge on any atom is 0.407 e. The van der Waals surface area contributed by atoms with Gasteiger partial charge in [0.2, 0.25) is 5.91 Å². The molecule has 7 nitrogen and oxygen atoms in total. The first-order chi connectivity index (χ1) is 16.9. The molecule has 0 heterocycles. The highest BCUT2D eigenvalue weighted by Crippen LogP contribution is 2.44. The van der Waals surface area contributed by atoms with Crippen LogP contribution in [0.2, 0.25) is 5.02 Å². The van der Waals surface area contributed by atoms with E-state index in [1.807, 2.05) is 48.5 Å². The van der Waals surface area contributed by atoms with Crippen LogP contribution in [0.3, 0.4) is 0 Å². The number of carbonyl (C=O) groups is 3. The summed E-state index contributed by atoms with van der Waals surface area (Å²) in [5.74, 6) is -1.85. The normalized spacial score (nSPS) is 12.7. The van der Waals surface area contributed by atoms with E-state index < -0.39 is 24.0 Å². The van der Waals surface area contributed by atoms with Crippen LogP contribution in [0.5, 0.6) is 0 Å². The zero-order chi connectivity index (χ0) is 24.9. The van der Waals surface area contributed by atoms with Crippen LogP contribution in [0.25, 0.3) is 11.1 Å². The zero-order valence-corrected chi connectivity index (χ0v) is 19.4. The molecule has 35 heavy (non-hydrogen) atoms. The Morgan fingerprint density at radius 1 is 1.03 bits per heavy atom. The number of aromatic carboxylic acids is 1. The second kappa shape index (κ2) is 10.4. The van der Waals surface area contributed by atoms with E-state index in [-0.39, 0.29) is 35.2 Å². The number of hydrogen-bond donors (Lipinski definition) is 3. The average molecular weight is 491 g/mol. The lowest BCUT2D eigenvalue weighted by Gasteiger charge is -2.19. The highest BCUT2D eigenvalue weighted by Gasteiger charge is 2.29. The maximum atomic E-state index is 12.8. The molecule has 2 amide bonds. The number of amides is 2. The number of carbonyl (C=O) groups excluding carboxylic acids is 2. The molecule has 0 aliphatic heterocycles. The number of ether oxygens (including phenoxy) is 1. The smallest absolute Gasteiger partial charge is 0.407 e. The summed E-state index contributed by atoms with van der Waals surface area (Å²) in [5, 5.41) is 14.5. The van der Waals surface area contributed by atoms with Crippen molar-refractivity contribution < 1.29 is 24.2 Å². The van der Waals surface area contributed by atoms with Gasteiger partial charge in [0.1, 0.15) is 12.6 Å². The van der Waals surface area contributed by atoms with Gasteiger partial charge in [0.15, 0.2) is 0 Å². The monoisotopic (exact) mass is 490 g/mol. The van der Waals surface area contributed by atoms with Gasteiger partial charge in [0.05, 0.1) is 5.56 Å². The lowest BCUT2D eigenvalue weighted by molar-refractivity contribution is -0.118. The van der Waals surface area contributed by atoms with Crippen molar-refractivity contribution in [1.29, 1.82) is 0 Å². The summed E-state index contributed by atoms with van der Waals surface area (Å²) in [6.07, 6.45) is 0.892. The van der Waals surface area contributed by atoms with Crippen LogP contribution in [0.4, 0.5) is 10.5 Å². The van der Waals surface area contributed by atoms with Crippen LogP contribution < -0.4 is 10.6 Å². The Labute approximate surface area is 207 Å². The number of rotatable bonds is 8. The molecule has 0 aromatic heterocycles. The molecule has 3 N–H and O–H groups in total. The third-order valence-corrected chi connectivity index (χ3v) is 5.99. The molecule has 0 saturated heterocycles. The first kappa shape index (κ1) is 24.0. The van der Waals surface area contributed by atoms with Crippen molar-refractivity contribution in [2.24, 2.45) is 0 Å². The lowest BCUT2D eigenvalue weighted by atomic mass is 9.98. The maximum absolute atomic E-state index is 12.8. The minimum absolute atomic E-state index is 0.0717. The third kappa shape index (κ3) is 5.36. The van der Waals surface area contributed by atoms with Crippen molar-refractivity contribution in [1.82, 2.24) is 5.32 Å². The molecule has 4 rings (SSSR count). The fourth-order valence-corrected chi connectivity index (χ4v) is 4.43. The quantitative estimate of drug-likeness (QED) is 0.364. The summed E-state index contributed by atoms with van der Waals surface area (Å²) in [4.78, 5) is 36.7. The fourth-order valence-electron chi connectivity index (χ4n) is 4.20. The largest absolute Gasteiger partial charge is 0.478 e. The predicted octanol–water partition coefficient (Wildman–Crippen LogP) is 5.46. The summed E-state index contributed by atoms with van der Waals surface area (Å²) in [5.41, 5.74) is 4.52. The van der Waals surface area contributed by atoms with Gasteiger partial charge in [0, 0.05) is 16.6 Å². The Morgan fingerprint density at radius 3 is 2.26 bits per heavy atom. The number of halogens is 1. The van der Waals surface area contributed by atoms with E-state index in [0.717, 1.165) is 22.3 Å². The molecule has 0 fully saturated rings. The van der Waals surface area contributed by atoms with E-state index in [0.29, 0.717) is 0 Å². The molecule has 0 spiro atoms. The minimum Gasteiger partial charge on any atom is -0.478 e. The van der Waals surface area contributed by atoms with Gasteiger partial charge in [-0.3, -0.25) is 4.79 Å². The molecular formula is C27H23ClN2O5. The Morgan fingerprint density at radius 2 is 1.66 bits per heavy atom. The molecule has 0 bridgehead atoms. The van der Waals surface area contributed by atoms with Crippen LogP contribution in [0.1, 0.15) is 33.8 Å². The number of hydrogen-bond acceptors (Lipinski definition) is 4. The fraction of sp³-hybridized carbons (Fsp3) is 0.148. The van der Waals surface area contributed by atoms with E-state index in [1.54, 1.807) is 0 Å². The van der Waals surface area contributed by atoms with Crippen molar-refractivity contribution in [2.45, 2.75) is 18.4 Å². The first-order valence-electron chi connectivity index (χ1n) is 10.9. The van der Waals surface area contributed by atoms with Crippen molar-refractivity contribution in [3.8, 4) is 11.1 Å². The van der Waals surface area contributed by atoms with Crippen LogP contribution in [-0.2, 0) is 9.53 Å². The second-order valence-electron chi connectivity index (χ2n) is 8.07. The van der Waals surface area contributed by atoms with Gasteiger partial charge in [0.25, 0.3) is 0 Å². The van der Waals surface area contributed by atoms with Crippen LogP contribution in [0, 0.1) is 0 Å². The predicted molar refractivity (Wildman–Crippen MR) is 134 cm³/mol. The van der Waals surface area contributed by atoms with Crippen LogP contribution in [-0.4, -0.2) is 35.7 Å². The lowest BCUT2D eigenvalue weighted by Crippen LogP contribution is -2.44. The standard InChI is InChI=1S/C27H23ClN2O5/c1-2-7-24(25(31)29-18-13-16(26(32)33)12-17(28)14-18)30-27(34)35-15-23-21-10-5-3-8-19(21)20-9-4-6-11-22(20)23/h2-6,8-14,23-24H,1,7,15H2,(H,29,31)(H,30,34)(H,32,33). The Hall–Kier alpha value is -4.10. The SMILES string of the molecule is C=CCC(NC(=O)OCC1c2ccccc2-c2ccccc21)C(=O)Nc1cc(Cl)cc(C(=O)O)c1. The number of fused-ring (bicyclic) bond motifs is 3. The molecule has 0 saturated carbocycles. The van der Waals surface area contributed by atoms with E-state index in [4.69, 9.17) is 16.3 Å². The molecule has 3 aromatic carbocycles. The molecule has 3 aromatic rings. The highest BCUT2D eigenvalue weighted by molar-refractivity contribution is 6.31. The molecule has 1 aliphatic carbocycles. The Bertz CT molecular complexity index is 1260. The van der Waals surface area contributed by atoms with Crippen LogP contribution >= 0.6 is 11.6 Å². The van der Waals surface area contributed by atoms with Crippen molar-refractivity contribution in [2.75, 3.05) is 11.9 Å². The molecule has 178 valence electrons. The molecule has 1 atom stereocenters. The number of carboxylic acids is 1. The molecular weight excluding hydrogens is 468 g/mol. The summed E-state index contributed by atoms with van der Waals surface area (Å²) >= 11 is 5.96. The van der Waals surface area contributed by atoms with Gasteiger partial charge < -0.3 is 20.5 Å². The number of nitrogens with one attached hydrogen (secondary N) is 2. The van der Waals surface area contributed by atoms with Gasteiger partial charge in [-0.25, -0.2) is 9.59 Å². The number of benzene rings is 3. The van der Waals surface area contributed by atoms with E-state index in [2.05, 4.69) is 17.2 Å². The number of anilines is 1. The summed E-state index contributed by atoms with van der Waals surface area (Å²) in [7, 11) is 0. The summed E-state index contributed by atoms with van der Waals surface area (Å²) < 4.78 is 5.52. The Kier molecular flexibility index (Phi) is 7.17. The Balaban J connectivity index is 1.42. The highest BCUT2D eigenvalue weighted by atomic mass is 35.5. The summed E-state index contributed by atoms with van der Waals surface area (Å²) in [6, 6.07) is 19.0. The van der Waals surface area contributed by atoms with Gasteiger partial charge in [-0.15, -0.1) is 6.58 Å². The second-order valence-corrected chi connectivity index (χ2v) is 8.51. The van der Waals surface area contributed by atoms with Crippen molar-refractivity contribution in [3.05, 3.63) is 101 Å². The van der Waals surface area contributed by atoms with Crippen LogP contribution in [0.15, 0.2) is 79.4 Å². The molecule has 0 radical (unpaired) electrons. The van der Waals surface area contributed by atoms with Crippen molar-refractivity contribution in [3.63, 3.8) is 0 Å². The van der Waals surface area contributed by atoms with Gasteiger partial charge in [-0.05, 0) is 46.9 Å². The number of alkyl carbamates (subject to hydrolysis) is 1. The third-order valence-electron chi connectivity index (χ3n) is 5.77. The van der Waals surface area contributed by atoms with Gasteiger partial charge in [-0.2, -0.15) is 0 Å². The topological polar surface area (TPSA) is 105 Å². The van der Waals surface area contributed by atoms with Gasteiger partial charge >= 0.3 is 12.1 Å². The molecule has 8 heteroatoms. The zero-order valence-electron chi connectivity index (χ0n) is 18.7. The van der Waals surface area contributed by atoms with E-state index >= 15 is 0 Å². The van der Waals surface area contributed by atoms with E-state index in [1.165, 1.54) is 24.3 Å². The van der Waals surface area contributed by atoms with Crippen molar-refractivity contribution >= 4 is 35.3 Å². The van der Waals surface area contributed by atoms with E-state index in [9.17, 15) is 19.5 Å². The summed E-state index contributed by atoms with van der Waals surface area (Å²) in [6.45, 7) is 3.75. The van der Waals surface area contributed by atoms with Gasteiger partial charge in [-0.1, -0.05) is 66.2 Å². The number of carboxylic acid groups (broad SMARTS) is 1.